The van der Waals surface area contributed by atoms with Crippen molar-refractivity contribution in [3.05, 3.63) is 218 Å². The van der Waals surface area contributed by atoms with E-state index < -0.39 is 95.7 Å². The molecule has 0 saturated heterocycles. The van der Waals surface area contributed by atoms with Crippen molar-refractivity contribution in [3.63, 3.8) is 0 Å². The van der Waals surface area contributed by atoms with Gasteiger partial charge in [0.25, 0.3) is 0 Å². The highest BCUT2D eigenvalue weighted by atomic mass is 15.0. The van der Waals surface area contributed by atoms with Crippen LogP contribution in [0.25, 0.3) is 99.5 Å². The van der Waals surface area contributed by atoms with Crippen LogP contribution in [0.2, 0.25) is 0 Å². The van der Waals surface area contributed by atoms with E-state index in [1.807, 2.05) is 97.1 Å². The second kappa shape index (κ2) is 13.2. The summed E-state index contributed by atoms with van der Waals surface area (Å²) in [4.78, 5) is 0. The van der Waals surface area contributed by atoms with Crippen molar-refractivity contribution in [2.24, 2.45) is 0 Å². The highest BCUT2D eigenvalue weighted by Crippen LogP contribution is 2.39. The molecule has 0 unspecified atom stereocenters. The van der Waals surface area contributed by atoms with Crippen molar-refractivity contribution < 1.29 is 19.2 Å². The molecule has 2 heteroatoms. The Morgan fingerprint density at radius 3 is 1.27 bits per heavy atom. The van der Waals surface area contributed by atoms with Gasteiger partial charge in [-0.1, -0.05) is 151 Å². The lowest BCUT2D eigenvalue weighted by atomic mass is 9.99. The average molecular weight is 727 g/mol. The van der Waals surface area contributed by atoms with Crippen molar-refractivity contribution in [2.75, 3.05) is 0 Å². The number of rotatable bonds is 6. The lowest BCUT2D eigenvalue weighted by molar-refractivity contribution is 1.18. The Morgan fingerprint density at radius 2 is 0.714 bits per heavy atom. The topological polar surface area (TPSA) is 9.86 Å². The zero-order valence-corrected chi connectivity index (χ0v) is 29.6. The molecule has 0 bridgehead atoms. The molecule has 0 radical (unpaired) electrons. The predicted molar refractivity (Wildman–Crippen MR) is 237 cm³/mol. The molecule has 0 spiro atoms. The molecule has 0 saturated carbocycles. The number of nitrogens with zero attached hydrogens (tertiary/aromatic N) is 2. The second-order valence-electron chi connectivity index (χ2n) is 13.5. The van der Waals surface area contributed by atoms with E-state index in [1.165, 1.54) is 9.13 Å². The third-order valence-corrected chi connectivity index (χ3v) is 10.2. The summed E-state index contributed by atoms with van der Waals surface area (Å²) in [5.74, 6) is 0. The monoisotopic (exact) mass is 726 g/mol. The molecule has 0 aliphatic heterocycles. The number of hydrogen-bond acceptors (Lipinski definition) is 0. The van der Waals surface area contributed by atoms with Crippen molar-refractivity contribution in [1.29, 1.82) is 0 Å². The second-order valence-corrected chi connectivity index (χ2v) is 13.5. The standard InChI is InChI=1S/C54H36N2/c1-3-13-37(14-4-1)40-17-11-18-41(33-40)39-25-29-45(30-26-39)55-51-23-9-7-21-47(51)49-35-43(27-31-53(49)55)44-28-32-54-50(36-44)48-22-8-10-24-52(48)56(54)46-20-12-19-42(34-46)38-15-5-2-6-16-38/h1-36H/i7D,8D,9D,10D,21D,22D,23D,24D,27D,28D,31D,32D,35D,36D. The maximum atomic E-state index is 9.90. The van der Waals surface area contributed by atoms with E-state index >= 15 is 0 Å². The quantitative estimate of drug-likeness (QED) is 0.161. The van der Waals surface area contributed by atoms with E-state index in [0.717, 1.165) is 33.4 Å². The van der Waals surface area contributed by atoms with Crippen molar-refractivity contribution in [3.8, 4) is 55.9 Å². The summed E-state index contributed by atoms with van der Waals surface area (Å²) < 4.78 is 133. The van der Waals surface area contributed by atoms with Crippen LogP contribution in [0.1, 0.15) is 19.2 Å². The minimum atomic E-state index is -0.617. The minimum absolute atomic E-state index is 0.0485. The van der Waals surface area contributed by atoms with Crippen LogP contribution in [0.3, 0.4) is 0 Å². The molecule has 11 rings (SSSR count). The molecule has 11 aromatic rings. The molecule has 262 valence electrons. The highest BCUT2D eigenvalue weighted by molar-refractivity contribution is 6.12. The zero-order valence-electron chi connectivity index (χ0n) is 43.6. The van der Waals surface area contributed by atoms with Crippen LogP contribution in [0.15, 0.2) is 218 Å². The first-order valence-electron chi connectivity index (χ1n) is 25.1. The third kappa shape index (κ3) is 5.34. The summed E-state index contributed by atoms with van der Waals surface area (Å²) >= 11 is 0. The lowest BCUT2D eigenvalue weighted by Crippen LogP contribution is -1.94. The number of fused-ring (bicyclic) bond motifs is 6. The van der Waals surface area contributed by atoms with E-state index in [1.54, 1.807) is 30.3 Å². The van der Waals surface area contributed by atoms with Gasteiger partial charge >= 0.3 is 0 Å². The van der Waals surface area contributed by atoms with E-state index in [-0.39, 0.29) is 43.6 Å². The summed E-state index contributed by atoms with van der Waals surface area (Å²) in [7, 11) is 0. The first kappa shape index (κ1) is 20.9. The van der Waals surface area contributed by atoms with Gasteiger partial charge in [-0.2, -0.15) is 0 Å². The molecule has 0 atom stereocenters. The van der Waals surface area contributed by atoms with Crippen LogP contribution in [0.5, 0.6) is 0 Å². The third-order valence-electron chi connectivity index (χ3n) is 10.2. The number of hydrogen-bond donors (Lipinski definition) is 0. The Labute approximate surface area is 345 Å². The number of benzene rings is 9. The van der Waals surface area contributed by atoms with Gasteiger partial charge in [0.15, 0.2) is 0 Å². The van der Waals surface area contributed by atoms with E-state index in [2.05, 4.69) is 6.07 Å². The fraction of sp³-hybridized carbons (Fsp3) is 0. The Kier molecular flexibility index (Phi) is 4.90. The van der Waals surface area contributed by atoms with E-state index in [4.69, 9.17) is 6.85 Å². The summed E-state index contributed by atoms with van der Waals surface area (Å²) in [5.41, 5.74) is 5.08. The number of para-hydroxylation sites is 2. The summed E-state index contributed by atoms with van der Waals surface area (Å²) in [5, 5.41) is -0.496. The zero-order chi connectivity index (χ0) is 49.2. The van der Waals surface area contributed by atoms with Crippen LogP contribution in [0, 0.1) is 0 Å². The fourth-order valence-electron chi connectivity index (χ4n) is 7.56. The smallest absolute Gasteiger partial charge is 0.0645 e. The molecule has 9 aromatic carbocycles. The SMILES string of the molecule is [2H]c1c([2H])c([2H])c2c(c1[2H])c1c([2H])c(-c3c([2H])c([2H])c4c(c3[2H])c3c([2H])c([2H])c([2H])c([2H])c3n4-c3cccc(-c4ccccc4)c3)c([2H])c([2H])c1n2-c1ccc(-c2cccc(-c3ccccc3)c2)cc1. The van der Waals surface area contributed by atoms with Crippen LogP contribution >= 0.6 is 0 Å². The molecule has 0 aliphatic rings. The molecule has 2 nitrogen and oxygen atoms in total. The van der Waals surface area contributed by atoms with Crippen molar-refractivity contribution in [1.82, 2.24) is 9.13 Å². The van der Waals surface area contributed by atoms with Crippen LogP contribution in [-0.4, -0.2) is 9.13 Å². The molecule has 2 heterocycles. The summed E-state index contributed by atoms with van der Waals surface area (Å²) in [6.45, 7) is 0. The van der Waals surface area contributed by atoms with Gasteiger partial charge in [-0.25, -0.2) is 0 Å². The van der Waals surface area contributed by atoms with Crippen LogP contribution in [0.4, 0.5) is 0 Å². The van der Waals surface area contributed by atoms with Gasteiger partial charge in [0.2, 0.25) is 0 Å². The Balaban J connectivity index is 1.19. The van der Waals surface area contributed by atoms with Gasteiger partial charge in [0.1, 0.15) is 0 Å². The maximum Gasteiger partial charge on any atom is 0.0645 e. The largest absolute Gasteiger partial charge is 0.309 e. The first-order valence-corrected chi connectivity index (χ1v) is 18.1. The molecular formula is C54H36N2. The number of aromatic nitrogens is 2. The van der Waals surface area contributed by atoms with E-state index in [9.17, 15) is 12.3 Å². The van der Waals surface area contributed by atoms with Crippen molar-refractivity contribution >= 4 is 43.6 Å². The lowest BCUT2D eigenvalue weighted by Gasteiger charge is -2.11. The highest BCUT2D eigenvalue weighted by Gasteiger charge is 2.16. The van der Waals surface area contributed by atoms with Gasteiger partial charge in [0, 0.05) is 32.9 Å². The maximum absolute atomic E-state index is 9.90. The Bertz CT molecular complexity index is 4030. The molecule has 0 amide bonds. The van der Waals surface area contributed by atoms with Crippen molar-refractivity contribution in [2.45, 2.75) is 0 Å². The molecule has 0 N–H and O–H groups in total. The summed E-state index contributed by atoms with van der Waals surface area (Å²) in [6, 6.07) is 34.1. The van der Waals surface area contributed by atoms with Gasteiger partial charge in [-0.05, 0) is 111 Å². The molecule has 0 aliphatic carbocycles. The Morgan fingerprint density at radius 1 is 0.286 bits per heavy atom. The minimum Gasteiger partial charge on any atom is -0.309 e. The summed E-state index contributed by atoms with van der Waals surface area (Å²) in [6.07, 6.45) is 0. The molecule has 2 aromatic heterocycles. The normalized spacial score (nSPS) is 15.1. The molecule has 56 heavy (non-hydrogen) atoms. The average Bonchev–Trinajstić information content (AvgIpc) is 3.95. The predicted octanol–water partition coefficient (Wildman–Crippen LogP) is 14.5. The van der Waals surface area contributed by atoms with E-state index in [0.29, 0.717) is 11.4 Å². The fourth-order valence-corrected chi connectivity index (χ4v) is 7.56. The molecule has 0 fully saturated rings. The van der Waals surface area contributed by atoms with Gasteiger partial charge in [-0.15, -0.1) is 0 Å². The van der Waals surface area contributed by atoms with Gasteiger partial charge in [0.05, 0.1) is 41.3 Å². The first-order chi connectivity index (χ1) is 33.6. The van der Waals surface area contributed by atoms with Gasteiger partial charge in [-0.3, -0.25) is 0 Å². The van der Waals surface area contributed by atoms with Gasteiger partial charge < -0.3 is 9.13 Å². The van der Waals surface area contributed by atoms with Crippen LogP contribution < -0.4 is 0 Å². The Hall–Kier alpha value is -7.42. The molecular weight excluding hydrogens is 677 g/mol. The van der Waals surface area contributed by atoms with Crippen LogP contribution in [-0.2, 0) is 0 Å².